The van der Waals surface area contributed by atoms with Crippen LogP contribution in [0.3, 0.4) is 0 Å². The van der Waals surface area contributed by atoms with Gasteiger partial charge in [0.05, 0.1) is 36.8 Å². The van der Waals surface area contributed by atoms with E-state index in [-0.39, 0.29) is 89.7 Å². The van der Waals surface area contributed by atoms with E-state index in [2.05, 4.69) is 74.1 Å². The van der Waals surface area contributed by atoms with Crippen LogP contribution in [0.15, 0.2) is 0 Å². The number of carbonyl (C=O) groups is 4. The molecule has 2 amide bonds. The molecule has 50 heavy (non-hydrogen) atoms. The molecule has 1 aliphatic rings. The highest BCUT2D eigenvalue weighted by Gasteiger charge is 2.43. The molecule has 1 saturated heterocycles. The van der Waals surface area contributed by atoms with E-state index in [0.29, 0.717) is 18.9 Å². The second-order valence-electron chi connectivity index (χ2n) is 16.6. The van der Waals surface area contributed by atoms with Crippen molar-refractivity contribution < 1.29 is 28.7 Å². The average Bonchev–Trinajstić information content (AvgIpc) is 3.56. The second kappa shape index (κ2) is 21.0. The van der Waals surface area contributed by atoms with Crippen molar-refractivity contribution in [2.24, 2.45) is 35.5 Å². The molecule has 9 heteroatoms. The number of hydrogen-bond acceptors (Lipinski definition) is 7. The van der Waals surface area contributed by atoms with Crippen molar-refractivity contribution in [3.8, 4) is 0 Å². The number of hydrogen-bond donors (Lipinski definition) is 0. The molecule has 0 aromatic heterocycles. The minimum atomic E-state index is -0.535. The summed E-state index contributed by atoms with van der Waals surface area (Å²) in [5.41, 5.74) is -0.105. The van der Waals surface area contributed by atoms with E-state index in [1.165, 1.54) is 0 Å². The van der Waals surface area contributed by atoms with Gasteiger partial charge in [0.2, 0.25) is 11.8 Å². The third kappa shape index (κ3) is 11.6. The number of ketones is 2. The van der Waals surface area contributed by atoms with Crippen LogP contribution in [0.4, 0.5) is 0 Å². The number of rotatable bonds is 23. The van der Waals surface area contributed by atoms with Gasteiger partial charge in [-0.05, 0) is 63.3 Å². The van der Waals surface area contributed by atoms with E-state index in [0.717, 1.165) is 32.1 Å². The Labute approximate surface area is 306 Å². The van der Waals surface area contributed by atoms with Gasteiger partial charge in [0.15, 0.2) is 5.78 Å². The second-order valence-corrected chi connectivity index (χ2v) is 16.6. The molecule has 292 valence electrons. The average molecular weight is 708 g/mol. The highest BCUT2D eigenvalue weighted by atomic mass is 16.5. The monoisotopic (exact) mass is 708 g/mol. The maximum Gasteiger partial charge on any atom is 0.225 e. The van der Waals surface area contributed by atoms with Gasteiger partial charge in [-0.3, -0.25) is 24.1 Å². The number of Topliss-reactive ketones (excluding diaryl/α,β-unsaturated/α-hetero) is 2. The molecule has 1 rings (SSSR count). The van der Waals surface area contributed by atoms with Gasteiger partial charge in [-0.1, -0.05) is 82.6 Å². The molecule has 0 unspecified atom stereocenters. The summed E-state index contributed by atoms with van der Waals surface area (Å²) in [5, 5.41) is 0. The number of methoxy groups -OCH3 is 2. The summed E-state index contributed by atoms with van der Waals surface area (Å²) in [6.07, 6.45) is 4.13. The Morgan fingerprint density at radius 2 is 1.38 bits per heavy atom. The topological polar surface area (TPSA) is 96.5 Å². The lowest BCUT2D eigenvalue weighted by molar-refractivity contribution is -0.148. The number of nitrogens with zero attached hydrogens (tertiary/aromatic N) is 3. The minimum absolute atomic E-state index is 0.0494. The molecule has 0 radical (unpaired) electrons. The van der Waals surface area contributed by atoms with Crippen LogP contribution in [0.2, 0.25) is 0 Å². The first-order chi connectivity index (χ1) is 23.3. The molecule has 0 saturated carbocycles. The van der Waals surface area contributed by atoms with Crippen LogP contribution in [0.1, 0.15) is 134 Å². The number of carbonyl (C=O) groups excluding carboxylic acids is 4. The molecule has 0 aromatic carbocycles. The summed E-state index contributed by atoms with van der Waals surface area (Å²) < 4.78 is 12.0. The van der Waals surface area contributed by atoms with Gasteiger partial charge in [-0.15, -0.1) is 0 Å². The standard InChI is InChI=1S/C41H77N3O6/c1-17-28(8)38(42(13)40(48)30(10)24-34(46)37(27(6)7)43(14)41(12,18-2)19-3)35(49-15)25-36(47)44-22-20-21-32(44)39(50-16)31(11)33(45)23-29(9)26(4)5/h26-32,35,37-39H,17-25H2,1-16H3/t28-,29-,30+,31-,32-,35+,37-,38-,39+/m0/s1. The predicted molar refractivity (Wildman–Crippen MR) is 204 cm³/mol. The highest BCUT2D eigenvalue weighted by Crippen LogP contribution is 2.32. The third-order valence-electron chi connectivity index (χ3n) is 12.7. The smallest absolute Gasteiger partial charge is 0.225 e. The molecular formula is C41H77N3O6. The maximum absolute atomic E-state index is 14.1. The van der Waals surface area contributed by atoms with Crippen LogP contribution in [0.5, 0.6) is 0 Å². The fraction of sp³-hybridized carbons (Fsp3) is 0.902. The lowest BCUT2D eigenvalue weighted by Crippen LogP contribution is -2.55. The van der Waals surface area contributed by atoms with Crippen LogP contribution >= 0.6 is 0 Å². The molecule has 0 bridgehead atoms. The summed E-state index contributed by atoms with van der Waals surface area (Å²) in [7, 11) is 7.08. The fourth-order valence-corrected chi connectivity index (χ4v) is 8.06. The zero-order chi connectivity index (χ0) is 38.7. The maximum atomic E-state index is 14.1. The summed E-state index contributed by atoms with van der Waals surface area (Å²) in [6, 6.07) is -0.834. The largest absolute Gasteiger partial charge is 0.379 e. The Morgan fingerprint density at radius 1 is 0.800 bits per heavy atom. The van der Waals surface area contributed by atoms with E-state index in [4.69, 9.17) is 9.47 Å². The Balaban J connectivity index is 3.21. The van der Waals surface area contributed by atoms with Crippen molar-refractivity contribution >= 4 is 23.4 Å². The molecule has 1 heterocycles. The van der Waals surface area contributed by atoms with Crippen LogP contribution in [-0.4, -0.2) is 109 Å². The zero-order valence-corrected chi connectivity index (χ0v) is 35.0. The molecule has 0 aliphatic carbocycles. The number of amides is 2. The summed E-state index contributed by atoms with van der Waals surface area (Å²) in [5.74, 6) is 0.108. The van der Waals surface area contributed by atoms with Gasteiger partial charge in [0, 0.05) is 58.0 Å². The summed E-state index contributed by atoms with van der Waals surface area (Å²) >= 11 is 0. The zero-order valence-electron chi connectivity index (χ0n) is 35.0. The normalized spacial score (nSPS) is 20.4. The van der Waals surface area contributed by atoms with Gasteiger partial charge in [-0.2, -0.15) is 0 Å². The van der Waals surface area contributed by atoms with E-state index in [1.54, 1.807) is 26.2 Å². The van der Waals surface area contributed by atoms with E-state index < -0.39 is 12.0 Å². The van der Waals surface area contributed by atoms with Crippen molar-refractivity contribution in [1.29, 1.82) is 0 Å². The Hall–Kier alpha value is -1.84. The molecule has 1 aliphatic heterocycles. The van der Waals surface area contributed by atoms with Gasteiger partial charge in [0.1, 0.15) is 5.78 Å². The van der Waals surface area contributed by atoms with Crippen molar-refractivity contribution in [2.45, 2.75) is 170 Å². The molecule has 0 N–H and O–H groups in total. The van der Waals surface area contributed by atoms with E-state index in [9.17, 15) is 19.2 Å². The van der Waals surface area contributed by atoms with Crippen molar-refractivity contribution in [1.82, 2.24) is 14.7 Å². The van der Waals surface area contributed by atoms with Crippen molar-refractivity contribution in [3.63, 3.8) is 0 Å². The molecule has 0 aromatic rings. The van der Waals surface area contributed by atoms with Gasteiger partial charge >= 0.3 is 0 Å². The summed E-state index contributed by atoms with van der Waals surface area (Å²) in [4.78, 5) is 61.1. The van der Waals surface area contributed by atoms with Gasteiger partial charge < -0.3 is 19.3 Å². The first-order valence-electron chi connectivity index (χ1n) is 19.7. The highest BCUT2D eigenvalue weighted by molar-refractivity contribution is 5.90. The quantitative estimate of drug-likeness (QED) is 0.110. The molecule has 9 nitrogen and oxygen atoms in total. The molecule has 0 spiro atoms. The van der Waals surface area contributed by atoms with Crippen LogP contribution in [-0.2, 0) is 28.7 Å². The Morgan fingerprint density at radius 3 is 1.84 bits per heavy atom. The van der Waals surface area contributed by atoms with Crippen LogP contribution in [0.25, 0.3) is 0 Å². The molecule has 9 atom stereocenters. The SMILES string of the molecule is CC[C@H](C)[C@@H]([C@@H](CC(=O)N1CCC[C@H]1[C@H](OC)[C@@H](C)C(=O)C[C@H](C)C(C)C)OC)N(C)C(=O)[C@H](C)CC(=O)[C@H](C(C)C)N(C)C(C)(CC)CC. The third-order valence-corrected chi connectivity index (χ3v) is 12.7. The molecular weight excluding hydrogens is 630 g/mol. The van der Waals surface area contributed by atoms with Gasteiger partial charge in [-0.25, -0.2) is 0 Å². The lowest BCUT2D eigenvalue weighted by atomic mass is 9.84. The van der Waals surface area contributed by atoms with E-state index >= 15 is 0 Å². The van der Waals surface area contributed by atoms with Crippen LogP contribution < -0.4 is 0 Å². The number of likely N-dealkylation sites (N-methyl/N-ethyl adjacent to an activating group) is 2. The number of likely N-dealkylation sites (tertiary alicyclic amines) is 1. The lowest BCUT2D eigenvalue weighted by Gasteiger charge is -2.44. The van der Waals surface area contributed by atoms with Crippen LogP contribution in [0, 0.1) is 35.5 Å². The fourth-order valence-electron chi connectivity index (χ4n) is 8.06. The van der Waals surface area contributed by atoms with Crippen molar-refractivity contribution in [3.05, 3.63) is 0 Å². The van der Waals surface area contributed by atoms with Gasteiger partial charge in [0.25, 0.3) is 0 Å². The summed E-state index contributed by atoms with van der Waals surface area (Å²) in [6.45, 7) is 25.6. The Bertz CT molecular complexity index is 1070. The predicted octanol–water partition coefficient (Wildman–Crippen LogP) is 7.29. The van der Waals surface area contributed by atoms with Crippen molar-refractivity contribution in [2.75, 3.05) is 34.9 Å². The minimum Gasteiger partial charge on any atom is -0.379 e. The molecule has 1 fully saturated rings. The first-order valence-corrected chi connectivity index (χ1v) is 19.7. The number of ether oxygens (including phenoxy) is 2. The van der Waals surface area contributed by atoms with E-state index in [1.807, 2.05) is 25.8 Å². The Kier molecular flexibility index (Phi) is 19.4. The first kappa shape index (κ1) is 46.2.